The maximum atomic E-state index is 8.42. The third-order valence-corrected chi connectivity index (χ3v) is 3.75. The van der Waals surface area contributed by atoms with E-state index in [1.807, 2.05) is 28.8 Å². The number of halogens is 1. The van der Waals surface area contributed by atoms with E-state index in [2.05, 4.69) is 47.5 Å². The van der Waals surface area contributed by atoms with Crippen LogP contribution in [0.1, 0.15) is 5.56 Å². The molecule has 0 aliphatic carbocycles. The molecular weight excluding hydrogens is 338 g/mol. The molecule has 3 nitrogen and oxygen atoms in total. The van der Waals surface area contributed by atoms with Crippen molar-refractivity contribution in [2.75, 3.05) is 0 Å². The third-order valence-electron chi connectivity index (χ3n) is 3.75. The number of aryl methyl sites for hydroxylation is 2. The number of nitrogens with one attached hydrogen (secondary N) is 1. The normalized spacial score (nSPS) is 10.4. The van der Waals surface area contributed by atoms with Gasteiger partial charge >= 0.3 is 0 Å². The Bertz CT molecular complexity index is 815. The molecule has 0 radical (unpaired) electrons. The predicted octanol–water partition coefficient (Wildman–Crippen LogP) is 3.93. The van der Waals surface area contributed by atoms with Crippen LogP contribution in [0.15, 0.2) is 67.3 Å². The lowest BCUT2D eigenvalue weighted by atomic mass is 10.1. The standard InChI is InChI=1S/C18H19N3.BrH/c1-2-13-20-16-10-6-7-11-17(16)21(18(20)19)14-12-15-8-4-3-5-9-15;/h2-11,19H,1,12-14H2;1H. The average molecular weight is 358 g/mol. The molecule has 0 saturated carbocycles. The smallest absolute Gasteiger partial charge is 0.203 e. The summed E-state index contributed by atoms with van der Waals surface area (Å²) in [6.45, 7) is 5.27. The molecule has 114 valence electrons. The fraction of sp³-hybridized carbons (Fsp3) is 0.167. The van der Waals surface area contributed by atoms with E-state index in [1.54, 1.807) is 0 Å². The summed E-state index contributed by atoms with van der Waals surface area (Å²) in [6.07, 6.45) is 2.77. The van der Waals surface area contributed by atoms with Crippen molar-refractivity contribution in [1.82, 2.24) is 9.13 Å². The summed E-state index contributed by atoms with van der Waals surface area (Å²) in [5, 5.41) is 8.42. The zero-order valence-corrected chi connectivity index (χ0v) is 14.1. The van der Waals surface area contributed by atoms with E-state index in [1.165, 1.54) is 5.56 Å². The molecule has 0 fully saturated rings. The molecule has 1 heterocycles. The van der Waals surface area contributed by atoms with Gasteiger partial charge in [-0.05, 0) is 24.1 Å². The number of rotatable bonds is 5. The monoisotopic (exact) mass is 357 g/mol. The number of hydrogen-bond donors (Lipinski definition) is 1. The van der Waals surface area contributed by atoms with Crippen molar-refractivity contribution < 1.29 is 0 Å². The van der Waals surface area contributed by atoms with Gasteiger partial charge in [0.05, 0.1) is 11.0 Å². The molecule has 0 atom stereocenters. The van der Waals surface area contributed by atoms with E-state index in [0.717, 1.165) is 24.0 Å². The molecule has 0 bridgehead atoms. The van der Waals surface area contributed by atoms with Crippen molar-refractivity contribution in [1.29, 1.82) is 5.41 Å². The predicted molar refractivity (Wildman–Crippen MR) is 96.4 cm³/mol. The number of para-hydroxylation sites is 2. The van der Waals surface area contributed by atoms with Gasteiger partial charge in [-0.3, -0.25) is 5.41 Å². The number of hydrogen-bond acceptors (Lipinski definition) is 1. The first-order chi connectivity index (χ1) is 10.3. The van der Waals surface area contributed by atoms with Gasteiger partial charge in [0.2, 0.25) is 5.62 Å². The molecule has 22 heavy (non-hydrogen) atoms. The van der Waals surface area contributed by atoms with Gasteiger partial charge in [0, 0.05) is 13.1 Å². The van der Waals surface area contributed by atoms with E-state index in [4.69, 9.17) is 5.41 Å². The second kappa shape index (κ2) is 7.27. The van der Waals surface area contributed by atoms with Crippen LogP contribution in [0, 0.1) is 5.41 Å². The van der Waals surface area contributed by atoms with Crippen molar-refractivity contribution in [2.24, 2.45) is 0 Å². The van der Waals surface area contributed by atoms with E-state index < -0.39 is 0 Å². The molecule has 2 aromatic carbocycles. The first kappa shape index (κ1) is 16.3. The highest BCUT2D eigenvalue weighted by molar-refractivity contribution is 8.93. The Balaban J connectivity index is 0.00000176. The lowest BCUT2D eigenvalue weighted by Crippen LogP contribution is -2.25. The highest BCUT2D eigenvalue weighted by Crippen LogP contribution is 2.13. The Morgan fingerprint density at radius 3 is 2.14 bits per heavy atom. The van der Waals surface area contributed by atoms with Crippen LogP contribution >= 0.6 is 17.0 Å². The van der Waals surface area contributed by atoms with Crippen LogP contribution in [0.3, 0.4) is 0 Å². The summed E-state index contributed by atoms with van der Waals surface area (Å²) in [4.78, 5) is 0. The van der Waals surface area contributed by atoms with Gasteiger partial charge in [-0.25, -0.2) is 0 Å². The highest BCUT2D eigenvalue weighted by atomic mass is 79.9. The number of allylic oxidation sites excluding steroid dienone is 1. The summed E-state index contributed by atoms with van der Waals surface area (Å²) >= 11 is 0. The molecule has 1 aromatic heterocycles. The Kier molecular flexibility index (Phi) is 5.39. The van der Waals surface area contributed by atoms with Crippen LogP contribution in [-0.4, -0.2) is 9.13 Å². The van der Waals surface area contributed by atoms with Crippen molar-refractivity contribution in [3.8, 4) is 0 Å². The summed E-state index contributed by atoms with van der Waals surface area (Å²) in [6, 6.07) is 18.6. The van der Waals surface area contributed by atoms with Gasteiger partial charge in [-0.2, -0.15) is 0 Å². The van der Waals surface area contributed by atoms with Crippen LogP contribution in [0.5, 0.6) is 0 Å². The second-order valence-corrected chi connectivity index (χ2v) is 5.10. The van der Waals surface area contributed by atoms with Crippen molar-refractivity contribution >= 4 is 28.0 Å². The molecule has 1 N–H and O–H groups in total. The SMILES string of the molecule is Br.C=CCn1c(=N)n(CCc2ccccc2)c2ccccc21. The van der Waals surface area contributed by atoms with Crippen LogP contribution in [0.25, 0.3) is 11.0 Å². The van der Waals surface area contributed by atoms with Gasteiger partial charge in [-0.1, -0.05) is 48.5 Å². The fourth-order valence-electron chi connectivity index (χ4n) is 2.72. The molecule has 0 spiro atoms. The van der Waals surface area contributed by atoms with Crippen molar-refractivity contribution in [3.05, 3.63) is 78.4 Å². The Hall–Kier alpha value is -2.07. The number of aromatic nitrogens is 2. The second-order valence-electron chi connectivity index (χ2n) is 5.10. The average Bonchev–Trinajstić information content (AvgIpc) is 2.79. The van der Waals surface area contributed by atoms with Crippen molar-refractivity contribution in [2.45, 2.75) is 19.5 Å². The largest absolute Gasteiger partial charge is 0.310 e. The maximum Gasteiger partial charge on any atom is 0.203 e. The Morgan fingerprint density at radius 2 is 1.50 bits per heavy atom. The minimum Gasteiger partial charge on any atom is -0.310 e. The molecule has 0 amide bonds. The van der Waals surface area contributed by atoms with Crippen molar-refractivity contribution in [3.63, 3.8) is 0 Å². The fourth-order valence-corrected chi connectivity index (χ4v) is 2.72. The van der Waals surface area contributed by atoms with Gasteiger partial charge in [-0.15, -0.1) is 23.6 Å². The first-order valence-corrected chi connectivity index (χ1v) is 7.18. The zero-order valence-electron chi connectivity index (χ0n) is 12.4. The third kappa shape index (κ3) is 3.07. The zero-order chi connectivity index (χ0) is 14.7. The van der Waals surface area contributed by atoms with Gasteiger partial charge in [0.25, 0.3) is 0 Å². The van der Waals surface area contributed by atoms with E-state index in [0.29, 0.717) is 12.2 Å². The minimum atomic E-state index is 0. The van der Waals surface area contributed by atoms with E-state index >= 15 is 0 Å². The molecule has 0 saturated heterocycles. The van der Waals surface area contributed by atoms with Gasteiger partial charge in [0.15, 0.2) is 0 Å². The van der Waals surface area contributed by atoms with Crippen LogP contribution < -0.4 is 5.62 Å². The first-order valence-electron chi connectivity index (χ1n) is 7.18. The van der Waals surface area contributed by atoms with Gasteiger partial charge < -0.3 is 9.13 Å². The van der Waals surface area contributed by atoms with E-state index in [-0.39, 0.29) is 17.0 Å². The molecule has 0 aliphatic heterocycles. The Labute approximate surface area is 140 Å². The lowest BCUT2D eigenvalue weighted by Gasteiger charge is -2.04. The quantitative estimate of drug-likeness (QED) is 0.671. The van der Waals surface area contributed by atoms with E-state index in [9.17, 15) is 0 Å². The number of fused-ring (bicyclic) bond motifs is 1. The summed E-state index contributed by atoms with van der Waals surface area (Å²) in [7, 11) is 0. The molecular formula is C18H20BrN3. The summed E-state index contributed by atoms with van der Waals surface area (Å²) in [5.41, 5.74) is 4.03. The Morgan fingerprint density at radius 1 is 0.909 bits per heavy atom. The van der Waals surface area contributed by atoms with Crippen LogP contribution in [0.4, 0.5) is 0 Å². The topological polar surface area (TPSA) is 33.7 Å². The number of benzene rings is 2. The summed E-state index contributed by atoms with van der Waals surface area (Å²) < 4.78 is 4.07. The lowest BCUT2D eigenvalue weighted by molar-refractivity contribution is 0.625. The minimum absolute atomic E-state index is 0. The maximum absolute atomic E-state index is 8.42. The number of nitrogens with zero attached hydrogens (tertiary/aromatic N) is 2. The molecule has 4 heteroatoms. The molecule has 3 aromatic rings. The molecule has 0 aliphatic rings. The highest BCUT2D eigenvalue weighted by Gasteiger charge is 2.09. The molecule has 0 unspecified atom stereocenters. The number of imidazole rings is 1. The van der Waals surface area contributed by atoms with Gasteiger partial charge in [0.1, 0.15) is 0 Å². The van der Waals surface area contributed by atoms with Crippen LogP contribution in [0.2, 0.25) is 0 Å². The summed E-state index contributed by atoms with van der Waals surface area (Å²) in [5.74, 6) is 0. The van der Waals surface area contributed by atoms with Crippen LogP contribution in [-0.2, 0) is 19.5 Å². The molecule has 3 rings (SSSR count).